The van der Waals surface area contributed by atoms with Crippen LogP contribution in [0.3, 0.4) is 0 Å². The van der Waals surface area contributed by atoms with E-state index in [1.807, 2.05) is 39.0 Å². The standard InChI is InChI=1S/C17H17ClN2O3/c1-10-4-5-13(8-11(10)2)12(3)19-17(21)15-9-14(20(22)23)6-7-16(15)18/h4-9,12H,1-3H3,(H,19,21). The van der Waals surface area contributed by atoms with Crippen LogP contribution in [-0.2, 0) is 0 Å². The summed E-state index contributed by atoms with van der Waals surface area (Å²) in [6.45, 7) is 5.88. The Morgan fingerprint density at radius 2 is 1.87 bits per heavy atom. The Kier molecular flexibility index (Phi) is 5.01. The number of rotatable bonds is 4. The van der Waals surface area contributed by atoms with Gasteiger partial charge in [-0.15, -0.1) is 0 Å². The largest absolute Gasteiger partial charge is 0.345 e. The predicted octanol–water partition coefficient (Wildman–Crippen LogP) is 4.36. The number of halogens is 1. The Bertz CT molecular complexity index is 774. The van der Waals surface area contributed by atoms with Crippen molar-refractivity contribution in [2.75, 3.05) is 0 Å². The number of nitrogens with one attached hydrogen (secondary N) is 1. The molecule has 0 aliphatic carbocycles. The summed E-state index contributed by atoms with van der Waals surface area (Å²) in [6.07, 6.45) is 0. The molecule has 120 valence electrons. The molecule has 1 amide bonds. The SMILES string of the molecule is Cc1ccc(C(C)NC(=O)c2cc([N+](=O)[O-])ccc2Cl)cc1C. The van der Waals surface area contributed by atoms with Gasteiger partial charge in [0.1, 0.15) is 0 Å². The first kappa shape index (κ1) is 17.0. The quantitative estimate of drug-likeness (QED) is 0.668. The Morgan fingerprint density at radius 3 is 2.48 bits per heavy atom. The fourth-order valence-corrected chi connectivity index (χ4v) is 2.40. The van der Waals surface area contributed by atoms with Crippen molar-refractivity contribution in [1.29, 1.82) is 0 Å². The minimum Gasteiger partial charge on any atom is -0.345 e. The van der Waals surface area contributed by atoms with Gasteiger partial charge in [-0.25, -0.2) is 0 Å². The third kappa shape index (κ3) is 3.87. The van der Waals surface area contributed by atoms with Crippen LogP contribution in [0.5, 0.6) is 0 Å². The number of benzene rings is 2. The maximum Gasteiger partial charge on any atom is 0.270 e. The van der Waals surface area contributed by atoms with E-state index in [9.17, 15) is 14.9 Å². The molecule has 0 saturated carbocycles. The van der Waals surface area contributed by atoms with Crippen molar-refractivity contribution < 1.29 is 9.72 Å². The fourth-order valence-electron chi connectivity index (χ4n) is 2.19. The molecule has 2 aromatic carbocycles. The van der Waals surface area contributed by atoms with Gasteiger partial charge in [0.15, 0.2) is 0 Å². The van der Waals surface area contributed by atoms with Crippen LogP contribution in [0.15, 0.2) is 36.4 Å². The van der Waals surface area contributed by atoms with Gasteiger partial charge in [-0.05, 0) is 43.5 Å². The lowest BCUT2D eigenvalue weighted by Crippen LogP contribution is -2.27. The molecule has 1 N–H and O–H groups in total. The number of nitro benzene ring substituents is 1. The van der Waals surface area contributed by atoms with Crippen LogP contribution in [0.2, 0.25) is 5.02 Å². The van der Waals surface area contributed by atoms with E-state index in [0.29, 0.717) is 0 Å². The number of nitro groups is 1. The summed E-state index contributed by atoms with van der Waals surface area (Å²) in [5.74, 6) is -0.440. The van der Waals surface area contributed by atoms with Crippen LogP contribution in [0.4, 0.5) is 5.69 Å². The minimum absolute atomic E-state index is 0.0940. The topological polar surface area (TPSA) is 72.2 Å². The van der Waals surface area contributed by atoms with Gasteiger partial charge >= 0.3 is 0 Å². The lowest BCUT2D eigenvalue weighted by atomic mass is 10.0. The Labute approximate surface area is 139 Å². The molecule has 6 heteroatoms. The van der Waals surface area contributed by atoms with E-state index in [4.69, 9.17) is 11.6 Å². The van der Waals surface area contributed by atoms with Crippen LogP contribution in [0.25, 0.3) is 0 Å². The van der Waals surface area contributed by atoms with E-state index in [0.717, 1.165) is 11.1 Å². The van der Waals surface area contributed by atoms with Crippen molar-refractivity contribution in [3.63, 3.8) is 0 Å². The third-order valence-corrected chi connectivity index (χ3v) is 4.11. The zero-order valence-corrected chi connectivity index (χ0v) is 13.8. The number of non-ortho nitro benzene ring substituents is 1. The summed E-state index contributed by atoms with van der Waals surface area (Å²) >= 11 is 5.99. The molecule has 23 heavy (non-hydrogen) atoms. The van der Waals surface area contributed by atoms with E-state index < -0.39 is 10.8 Å². The van der Waals surface area contributed by atoms with Gasteiger partial charge in [0, 0.05) is 12.1 Å². The molecule has 0 heterocycles. The monoisotopic (exact) mass is 332 g/mol. The molecular formula is C17H17ClN2O3. The highest BCUT2D eigenvalue weighted by atomic mass is 35.5. The first-order chi connectivity index (χ1) is 10.8. The van der Waals surface area contributed by atoms with Crippen molar-refractivity contribution in [3.8, 4) is 0 Å². The zero-order valence-electron chi connectivity index (χ0n) is 13.1. The predicted molar refractivity (Wildman–Crippen MR) is 89.9 cm³/mol. The number of carbonyl (C=O) groups is 1. The van der Waals surface area contributed by atoms with Crippen molar-refractivity contribution in [2.24, 2.45) is 0 Å². The first-order valence-corrected chi connectivity index (χ1v) is 7.49. The van der Waals surface area contributed by atoms with Gasteiger partial charge in [0.05, 0.1) is 21.6 Å². The average molecular weight is 333 g/mol. The van der Waals surface area contributed by atoms with Crippen molar-refractivity contribution in [2.45, 2.75) is 26.8 Å². The summed E-state index contributed by atoms with van der Waals surface area (Å²) in [7, 11) is 0. The van der Waals surface area contributed by atoms with E-state index >= 15 is 0 Å². The Balaban J connectivity index is 2.22. The molecule has 0 aromatic heterocycles. The molecule has 2 rings (SSSR count). The summed E-state index contributed by atoms with van der Waals surface area (Å²) in [5, 5.41) is 13.8. The molecular weight excluding hydrogens is 316 g/mol. The highest BCUT2D eigenvalue weighted by Gasteiger charge is 2.18. The van der Waals surface area contributed by atoms with Crippen molar-refractivity contribution in [3.05, 3.63) is 73.8 Å². The highest BCUT2D eigenvalue weighted by molar-refractivity contribution is 6.33. The van der Waals surface area contributed by atoms with Gasteiger partial charge in [-0.3, -0.25) is 14.9 Å². The second kappa shape index (κ2) is 6.79. The lowest BCUT2D eigenvalue weighted by molar-refractivity contribution is -0.384. The number of hydrogen-bond acceptors (Lipinski definition) is 3. The number of aryl methyl sites for hydroxylation is 2. The second-order valence-electron chi connectivity index (χ2n) is 5.46. The number of hydrogen-bond donors (Lipinski definition) is 1. The van der Waals surface area contributed by atoms with E-state index in [2.05, 4.69) is 5.32 Å². The van der Waals surface area contributed by atoms with Crippen LogP contribution >= 0.6 is 11.6 Å². The van der Waals surface area contributed by atoms with Crippen LogP contribution in [0.1, 0.15) is 40.0 Å². The van der Waals surface area contributed by atoms with Crippen LogP contribution in [0, 0.1) is 24.0 Å². The molecule has 0 aliphatic rings. The van der Waals surface area contributed by atoms with Gasteiger partial charge in [-0.1, -0.05) is 29.8 Å². The number of amides is 1. The number of carbonyl (C=O) groups excluding carboxylic acids is 1. The van der Waals surface area contributed by atoms with Gasteiger partial charge in [-0.2, -0.15) is 0 Å². The van der Waals surface area contributed by atoms with Gasteiger partial charge < -0.3 is 5.32 Å². The van der Waals surface area contributed by atoms with Gasteiger partial charge in [0.2, 0.25) is 0 Å². The molecule has 2 aromatic rings. The van der Waals surface area contributed by atoms with Crippen LogP contribution in [-0.4, -0.2) is 10.8 Å². The minimum atomic E-state index is -0.556. The molecule has 0 spiro atoms. The highest BCUT2D eigenvalue weighted by Crippen LogP contribution is 2.23. The second-order valence-corrected chi connectivity index (χ2v) is 5.87. The molecule has 0 fully saturated rings. The van der Waals surface area contributed by atoms with Gasteiger partial charge in [0.25, 0.3) is 11.6 Å². The lowest BCUT2D eigenvalue weighted by Gasteiger charge is -2.16. The average Bonchev–Trinajstić information content (AvgIpc) is 2.49. The maximum absolute atomic E-state index is 12.4. The van der Waals surface area contributed by atoms with Crippen molar-refractivity contribution in [1.82, 2.24) is 5.32 Å². The summed E-state index contributed by atoms with van der Waals surface area (Å²) in [4.78, 5) is 22.6. The molecule has 0 saturated heterocycles. The molecule has 0 radical (unpaired) electrons. The molecule has 5 nitrogen and oxygen atoms in total. The summed E-state index contributed by atoms with van der Waals surface area (Å²) in [5.41, 5.74) is 3.20. The Morgan fingerprint density at radius 1 is 1.17 bits per heavy atom. The third-order valence-electron chi connectivity index (χ3n) is 3.78. The Hall–Kier alpha value is -2.40. The smallest absolute Gasteiger partial charge is 0.270 e. The molecule has 0 bridgehead atoms. The molecule has 1 unspecified atom stereocenters. The maximum atomic E-state index is 12.4. The summed E-state index contributed by atoms with van der Waals surface area (Å²) in [6, 6.07) is 9.52. The van der Waals surface area contributed by atoms with E-state index in [1.54, 1.807) is 0 Å². The molecule has 1 atom stereocenters. The number of nitrogens with zero attached hydrogens (tertiary/aromatic N) is 1. The van der Waals surface area contributed by atoms with E-state index in [1.165, 1.54) is 23.8 Å². The summed E-state index contributed by atoms with van der Waals surface area (Å²) < 4.78 is 0. The zero-order chi connectivity index (χ0) is 17.1. The first-order valence-electron chi connectivity index (χ1n) is 7.11. The normalized spacial score (nSPS) is 11.8. The van der Waals surface area contributed by atoms with Crippen molar-refractivity contribution >= 4 is 23.2 Å². The van der Waals surface area contributed by atoms with Crippen LogP contribution < -0.4 is 5.32 Å². The fraction of sp³-hybridized carbons (Fsp3) is 0.235. The van der Waals surface area contributed by atoms with E-state index in [-0.39, 0.29) is 22.3 Å². The molecule has 0 aliphatic heterocycles.